The number of anilines is 2. The second kappa shape index (κ2) is 6.15. The van der Waals surface area contributed by atoms with Crippen LogP contribution < -0.4 is 15.8 Å². The van der Waals surface area contributed by atoms with E-state index < -0.39 is 5.82 Å². The van der Waals surface area contributed by atoms with E-state index >= 15 is 0 Å². The number of rotatable bonds is 4. The van der Waals surface area contributed by atoms with Crippen molar-refractivity contribution in [3.8, 4) is 5.88 Å². The Bertz CT molecular complexity index is 649. The lowest BCUT2D eigenvalue weighted by Crippen LogP contribution is -2.11. The molecule has 2 rings (SSSR count). The van der Waals surface area contributed by atoms with E-state index in [9.17, 15) is 4.39 Å². The maximum Gasteiger partial charge on any atom is 0.213 e. The summed E-state index contributed by atoms with van der Waals surface area (Å²) in [5, 5.41) is 2.92. The molecule has 0 saturated carbocycles. The molecule has 0 aliphatic rings. The number of thiocarbonyl (C=S) groups is 1. The maximum absolute atomic E-state index is 14.2. The third kappa shape index (κ3) is 3.05. The van der Waals surface area contributed by atoms with Crippen LogP contribution in [0.3, 0.4) is 0 Å². The highest BCUT2D eigenvalue weighted by Gasteiger charge is 2.13. The van der Waals surface area contributed by atoms with Crippen LogP contribution in [0.25, 0.3) is 0 Å². The van der Waals surface area contributed by atoms with E-state index in [1.807, 2.05) is 0 Å². The zero-order chi connectivity index (χ0) is 14.7. The van der Waals surface area contributed by atoms with Gasteiger partial charge in [-0.3, -0.25) is 0 Å². The monoisotopic (exact) mass is 355 g/mol. The number of benzene rings is 1. The summed E-state index contributed by atoms with van der Waals surface area (Å²) in [7, 11) is 1.53. The van der Waals surface area contributed by atoms with Gasteiger partial charge in [-0.15, -0.1) is 0 Å². The van der Waals surface area contributed by atoms with Crippen LogP contribution in [-0.4, -0.2) is 17.1 Å². The first-order valence-electron chi connectivity index (χ1n) is 5.57. The van der Waals surface area contributed by atoms with E-state index in [-0.39, 0.29) is 9.46 Å². The second-order valence-electron chi connectivity index (χ2n) is 3.87. The van der Waals surface area contributed by atoms with Crippen LogP contribution in [0.1, 0.15) is 5.56 Å². The molecule has 20 heavy (non-hydrogen) atoms. The van der Waals surface area contributed by atoms with Crippen molar-refractivity contribution in [2.75, 3.05) is 12.4 Å². The molecule has 0 aliphatic carbocycles. The predicted octanol–water partition coefficient (Wildman–Crippen LogP) is 3.37. The van der Waals surface area contributed by atoms with Gasteiger partial charge in [0.1, 0.15) is 4.99 Å². The highest BCUT2D eigenvalue weighted by atomic mass is 79.9. The van der Waals surface area contributed by atoms with Gasteiger partial charge in [-0.2, -0.15) is 0 Å². The van der Waals surface area contributed by atoms with Crippen LogP contribution in [0.15, 0.2) is 34.9 Å². The minimum Gasteiger partial charge on any atom is -0.481 e. The van der Waals surface area contributed by atoms with Gasteiger partial charge in [-0.1, -0.05) is 12.2 Å². The summed E-state index contributed by atoms with van der Waals surface area (Å²) in [6.45, 7) is 0. The molecule has 1 heterocycles. The summed E-state index contributed by atoms with van der Waals surface area (Å²) in [5.74, 6) is 0.0205. The van der Waals surface area contributed by atoms with Crippen LogP contribution in [0.2, 0.25) is 0 Å². The fraction of sp³-hybridized carbons (Fsp3) is 0.0769. The fourth-order valence-corrected chi connectivity index (χ4v) is 2.43. The number of nitrogens with two attached hydrogens (primary N) is 1. The van der Waals surface area contributed by atoms with Gasteiger partial charge in [0.15, 0.2) is 5.82 Å². The first-order chi connectivity index (χ1) is 9.52. The molecular formula is C13H11BrFN3OS. The molecule has 0 radical (unpaired) electrons. The number of halogens is 2. The third-order valence-electron chi connectivity index (χ3n) is 2.57. The fourth-order valence-electron chi connectivity index (χ4n) is 1.57. The van der Waals surface area contributed by atoms with Gasteiger partial charge >= 0.3 is 0 Å². The Labute approximate surface area is 129 Å². The molecule has 2 aromatic rings. The quantitative estimate of drug-likeness (QED) is 0.823. The number of ether oxygens (including phenoxy) is 1. The number of hydrogen-bond donors (Lipinski definition) is 2. The number of hydrogen-bond acceptors (Lipinski definition) is 4. The standard InChI is InChI=1S/C13H11BrFN3OS/c1-19-10-5-2-7(6-17-10)18-9-4-3-8(13(16)20)11(14)12(9)15/h2-6,18H,1H3,(H2,16,20). The van der Waals surface area contributed by atoms with Crippen LogP contribution in [0.5, 0.6) is 5.88 Å². The van der Waals surface area contributed by atoms with Crippen molar-refractivity contribution < 1.29 is 9.13 Å². The zero-order valence-electron chi connectivity index (χ0n) is 10.5. The summed E-state index contributed by atoms with van der Waals surface area (Å²) >= 11 is 8.00. The smallest absolute Gasteiger partial charge is 0.213 e. The average molecular weight is 356 g/mol. The van der Waals surface area contributed by atoms with E-state index in [0.29, 0.717) is 22.8 Å². The first-order valence-corrected chi connectivity index (χ1v) is 6.78. The Morgan fingerprint density at radius 1 is 1.40 bits per heavy atom. The van der Waals surface area contributed by atoms with Crippen LogP contribution in [0, 0.1) is 5.82 Å². The normalized spacial score (nSPS) is 10.2. The summed E-state index contributed by atoms with van der Waals surface area (Å²) in [5.41, 5.74) is 6.90. The molecule has 0 spiro atoms. The molecule has 0 amide bonds. The highest BCUT2D eigenvalue weighted by Crippen LogP contribution is 2.29. The van der Waals surface area contributed by atoms with E-state index in [1.54, 1.807) is 30.5 Å². The van der Waals surface area contributed by atoms with Gasteiger partial charge in [0.05, 0.1) is 29.2 Å². The van der Waals surface area contributed by atoms with Gasteiger partial charge in [0.25, 0.3) is 0 Å². The Morgan fingerprint density at radius 2 is 2.15 bits per heavy atom. The summed E-state index contributed by atoms with van der Waals surface area (Å²) < 4.78 is 19.4. The largest absolute Gasteiger partial charge is 0.481 e. The van der Waals surface area contributed by atoms with Crippen LogP contribution in [0.4, 0.5) is 15.8 Å². The minimum atomic E-state index is -0.467. The molecule has 104 valence electrons. The lowest BCUT2D eigenvalue weighted by molar-refractivity contribution is 0.398. The molecule has 0 bridgehead atoms. The Hall–Kier alpha value is -1.73. The lowest BCUT2D eigenvalue weighted by Gasteiger charge is -2.11. The SMILES string of the molecule is COc1ccc(Nc2ccc(C(N)=S)c(Br)c2F)cn1. The summed E-state index contributed by atoms with van der Waals surface area (Å²) in [6.07, 6.45) is 1.55. The molecule has 7 heteroatoms. The molecular weight excluding hydrogens is 345 g/mol. The summed E-state index contributed by atoms with van der Waals surface area (Å²) in [4.78, 5) is 4.16. The van der Waals surface area contributed by atoms with Crippen molar-refractivity contribution in [2.45, 2.75) is 0 Å². The molecule has 0 fully saturated rings. The van der Waals surface area contributed by atoms with Gasteiger partial charge in [-0.05, 0) is 34.1 Å². The van der Waals surface area contributed by atoms with Gasteiger partial charge in [0.2, 0.25) is 5.88 Å². The molecule has 0 aliphatic heterocycles. The van der Waals surface area contributed by atoms with E-state index in [1.165, 1.54) is 7.11 Å². The van der Waals surface area contributed by atoms with Crippen molar-refractivity contribution >= 4 is 44.5 Å². The number of nitrogens with zero attached hydrogens (tertiary/aromatic N) is 1. The Balaban J connectivity index is 2.29. The van der Waals surface area contributed by atoms with E-state index in [2.05, 4.69) is 26.2 Å². The first kappa shape index (κ1) is 14.7. The number of methoxy groups -OCH3 is 1. The number of aromatic nitrogens is 1. The maximum atomic E-state index is 14.2. The van der Waals surface area contributed by atoms with Gasteiger partial charge < -0.3 is 15.8 Å². The molecule has 0 unspecified atom stereocenters. The third-order valence-corrected chi connectivity index (χ3v) is 3.57. The summed E-state index contributed by atoms with van der Waals surface area (Å²) in [6, 6.07) is 6.63. The van der Waals surface area contributed by atoms with Crippen molar-refractivity contribution in [1.82, 2.24) is 4.98 Å². The van der Waals surface area contributed by atoms with E-state index in [0.717, 1.165) is 0 Å². The Morgan fingerprint density at radius 3 is 2.70 bits per heavy atom. The van der Waals surface area contributed by atoms with E-state index in [4.69, 9.17) is 22.7 Å². The molecule has 4 nitrogen and oxygen atoms in total. The van der Waals surface area contributed by atoms with Gasteiger partial charge in [0, 0.05) is 11.6 Å². The average Bonchev–Trinajstić information content (AvgIpc) is 2.44. The number of nitrogens with one attached hydrogen (secondary N) is 1. The molecule has 0 atom stereocenters. The minimum absolute atomic E-state index is 0.133. The highest BCUT2D eigenvalue weighted by molar-refractivity contribution is 9.10. The van der Waals surface area contributed by atoms with Crippen LogP contribution in [-0.2, 0) is 0 Å². The van der Waals surface area contributed by atoms with Gasteiger partial charge in [-0.25, -0.2) is 9.37 Å². The topological polar surface area (TPSA) is 60.2 Å². The van der Waals surface area contributed by atoms with Crippen LogP contribution >= 0.6 is 28.1 Å². The van der Waals surface area contributed by atoms with Crippen molar-refractivity contribution in [1.29, 1.82) is 0 Å². The second-order valence-corrected chi connectivity index (χ2v) is 5.10. The van der Waals surface area contributed by atoms with Crippen molar-refractivity contribution in [3.63, 3.8) is 0 Å². The number of pyridine rings is 1. The molecule has 1 aromatic heterocycles. The van der Waals surface area contributed by atoms with Crippen molar-refractivity contribution in [2.24, 2.45) is 5.73 Å². The Kier molecular flexibility index (Phi) is 4.51. The molecule has 1 aromatic carbocycles. The molecule has 0 saturated heterocycles. The zero-order valence-corrected chi connectivity index (χ0v) is 12.9. The van der Waals surface area contributed by atoms with Crippen molar-refractivity contribution in [3.05, 3.63) is 46.3 Å². The lowest BCUT2D eigenvalue weighted by atomic mass is 10.2. The molecule has 3 N–H and O–H groups in total. The predicted molar refractivity (Wildman–Crippen MR) is 84.1 cm³/mol.